The largest absolute Gasteiger partial charge is 0.383 e. The van der Waals surface area contributed by atoms with Crippen LogP contribution in [0.15, 0.2) is 16.8 Å². The summed E-state index contributed by atoms with van der Waals surface area (Å²) in [7, 11) is 0. The van der Waals surface area contributed by atoms with E-state index in [4.69, 9.17) is 0 Å². The number of non-ortho nitro benzene ring substituents is 1. The third-order valence-corrected chi connectivity index (χ3v) is 4.34. The molecule has 0 amide bonds. The molecule has 0 radical (unpaired) electrons. The molecule has 1 heterocycles. The van der Waals surface area contributed by atoms with E-state index < -0.39 is 4.92 Å². The van der Waals surface area contributed by atoms with Crippen molar-refractivity contribution in [2.45, 2.75) is 26.7 Å². The van der Waals surface area contributed by atoms with Crippen LogP contribution in [0.1, 0.15) is 26.7 Å². The van der Waals surface area contributed by atoms with Gasteiger partial charge in [-0.25, -0.2) is 4.63 Å². The van der Waals surface area contributed by atoms with Crippen LogP contribution in [-0.2, 0) is 0 Å². The van der Waals surface area contributed by atoms with E-state index in [1.807, 2.05) is 0 Å². The summed E-state index contributed by atoms with van der Waals surface area (Å²) in [6, 6.07) is 3.10. The van der Waals surface area contributed by atoms with E-state index in [1.54, 1.807) is 6.07 Å². The van der Waals surface area contributed by atoms with Crippen molar-refractivity contribution in [2.24, 2.45) is 11.3 Å². The summed E-state index contributed by atoms with van der Waals surface area (Å²) in [5, 5.41) is 21.7. The van der Waals surface area contributed by atoms with Gasteiger partial charge in [0.05, 0.1) is 10.6 Å². The number of fused-ring (bicyclic) bond motifs is 1. The first kappa shape index (κ1) is 12.8. The third kappa shape index (κ3) is 1.99. The van der Waals surface area contributed by atoms with Crippen molar-refractivity contribution < 1.29 is 9.55 Å². The van der Waals surface area contributed by atoms with E-state index >= 15 is 0 Å². The molecule has 0 bridgehead atoms. The van der Waals surface area contributed by atoms with Crippen LogP contribution in [0.5, 0.6) is 0 Å². The SMILES string of the molecule is CC(C)C1(CNc2ccc([N+](=O)[O-])c3nonc23)CC1. The van der Waals surface area contributed by atoms with Crippen LogP contribution in [0.4, 0.5) is 11.4 Å². The Morgan fingerprint density at radius 3 is 2.70 bits per heavy atom. The molecule has 0 atom stereocenters. The fourth-order valence-corrected chi connectivity index (χ4v) is 2.53. The number of nitro benzene ring substituents is 1. The van der Waals surface area contributed by atoms with Crippen molar-refractivity contribution in [3.63, 3.8) is 0 Å². The molecule has 1 saturated carbocycles. The zero-order valence-corrected chi connectivity index (χ0v) is 11.4. The first-order valence-electron chi connectivity index (χ1n) is 6.67. The minimum atomic E-state index is -0.479. The second kappa shape index (κ2) is 4.43. The molecule has 0 unspecified atom stereocenters. The second-order valence-corrected chi connectivity index (χ2v) is 5.72. The van der Waals surface area contributed by atoms with Gasteiger partial charge >= 0.3 is 5.69 Å². The number of nitro groups is 1. The maximum absolute atomic E-state index is 10.9. The van der Waals surface area contributed by atoms with Gasteiger partial charge in [-0.1, -0.05) is 13.8 Å². The van der Waals surface area contributed by atoms with Crippen LogP contribution in [0.3, 0.4) is 0 Å². The molecule has 1 aromatic carbocycles. The summed E-state index contributed by atoms with van der Waals surface area (Å²) in [6.07, 6.45) is 2.43. The normalized spacial score (nSPS) is 16.6. The highest BCUT2D eigenvalue weighted by Crippen LogP contribution is 2.51. The van der Waals surface area contributed by atoms with Gasteiger partial charge in [-0.15, -0.1) is 0 Å². The lowest BCUT2D eigenvalue weighted by Gasteiger charge is -2.20. The van der Waals surface area contributed by atoms with Crippen LogP contribution >= 0.6 is 0 Å². The Balaban J connectivity index is 1.88. The predicted octanol–water partition coefficient (Wildman–Crippen LogP) is 2.98. The van der Waals surface area contributed by atoms with Gasteiger partial charge < -0.3 is 5.32 Å². The maximum atomic E-state index is 10.9. The molecule has 1 N–H and O–H groups in total. The summed E-state index contributed by atoms with van der Waals surface area (Å²) >= 11 is 0. The van der Waals surface area contributed by atoms with Gasteiger partial charge in [0, 0.05) is 12.6 Å². The first-order chi connectivity index (χ1) is 9.53. The number of nitrogens with one attached hydrogen (secondary N) is 1. The Kier molecular flexibility index (Phi) is 2.84. The Hall–Kier alpha value is -2.18. The standard InChI is InChI=1S/C13H16N4O3/c1-8(2)13(5-6-13)7-14-9-3-4-10(17(18)19)12-11(9)15-20-16-12/h3-4,8,14H,5-7H2,1-2H3. The second-order valence-electron chi connectivity index (χ2n) is 5.72. The minimum absolute atomic E-state index is 0.0863. The number of rotatable bonds is 5. The number of benzene rings is 1. The Morgan fingerprint density at radius 2 is 2.10 bits per heavy atom. The Bertz CT molecular complexity index is 661. The number of anilines is 1. The van der Waals surface area contributed by atoms with Gasteiger partial charge in [0.25, 0.3) is 0 Å². The zero-order chi connectivity index (χ0) is 14.3. The lowest BCUT2D eigenvalue weighted by atomic mass is 9.92. The summed E-state index contributed by atoms with van der Waals surface area (Å²) in [6.45, 7) is 5.28. The molecule has 2 aromatic rings. The van der Waals surface area contributed by atoms with Gasteiger partial charge in [-0.2, -0.15) is 0 Å². The number of hydrogen-bond donors (Lipinski definition) is 1. The molecule has 1 aliphatic carbocycles. The molecule has 0 saturated heterocycles. The van der Waals surface area contributed by atoms with Crippen LogP contribution in [-0.4, -0.2) is 21.8 Å². The monoisotopic (exact) mass is 276 g/mol. The number of hydrogen-bond acceptors (Lipinski definition) is 6. The molecule has 3 rings (SSSR count). The minimum Gasteiger partial charge on any atom is -0.383 e. The van der Waals surface area contributed by atoms with Crippen molar-refractivity contribution in [1.82, 2.24) is 10.3 Å². The van der Waals surface area contributed by atoms with Crippen LogP contribution in [0.25, 0.3) is 11.0 Å². The van der Waals surface area contributed by atoms with E-state index in [0.717, 1.165) is 12.2 Å². The fraction of sp³-hybridized carbons (Fsp3) is 0.538. The molecule has 0 spiro atoms. The average Bonchev–Trinajstić information content (AvgIpc) is 3.04. The van der Waals surface area contributed by atoms with E-state index in [0.29, 0.717) is 16.8 Å². The Labute approximate surface area is 115 Å². The zero-order valence-electron chi connectivity index (χ0n) is 11.4. The average molecular weight is 276 g/mol. The van der Waals surface area contributed by atoms with Crippen molar-refractivity contribution in [3.8, 4) is 0 Å². The van der Waals surface area contributed by atoms with Crippen LogP contribution in [0.2, 0.25) is 0 Å². The molecule has 7 nitrogen and oxygen atoms in total. The molecule has 106 valence electrons. The first-order valence-corrected chi connectivity index (χ1v) is 6.67. The molecule has 1 fully saturated rings. The quantitative estimate of drug-likeness (QED) is 0.666. The molecule has 20 heavy (non-hydrogen) atoms. The molecule has 1 aromatic heterocycles. The number of nitrogens with zero attached hydrogens (tertiary/aromatic N) is 3. The van der Waals surface area contributed by atoms with E-state index in [9.17, 15) is 10.1 Å². The van der Waals surface area contributed by atoms with E-state index in [-0.39, 0.29) is 11.2 Å². The summed E-state index contributed by atoms with van der Waals surface area (Å²) in [5.74, 6) is 0.610. The highest BCUT2D eigenvalue weighted by atomic mass is 16.6. The lowest BCUT2D eigenvalue weighted by Crippen LogP contribution is -2.21. The van der Waals surface area contributed by atoms with Gasteiger partial charge in [-0.05, 0) is 40.6 Å². The highest BCUT2D eigenvalue weighted by Gasteiger charge is 2.45. The van der Waals surface area contributed by atoms with Crippen molar-refractivity contribution in [2.75, 3.05) is 11.9 Å². The molecule has 0 aliphatic heterocycles. The van der Waals surface area contributed by atoms with E-state index in [1.165, 1.54) is 18.9 Å². The molecule has 1 aliphatic rings. The lowest BCUT2D eigenvalue weighted by molar-refractivity contribution is -0.383. The predicted molar refractivity (Wildman–Crippen MR) is 73.5 cm³/mol. The Morgan fingerprint density at radius 1 is 1.40 bits per heavy atom. The number of aromatic nitrogens is 2. The topological polar surface area (TPSA) is 94.1 Å². The van der Waals surface area contributed by atoms with Gasteiger partial charge in [0.15, 0.2) is 5.52 Å². The van der Waals surface area contributed by atoms with Gasteiger partial charge in [0.2, 0.25) is 5.52 Å². The third-order valence-electron chi connectivity index (χ3n) is 4.34. The molecular formula is C13H16N4O3. The maximum Gasteiger partial charge on any atom is 0.300 e. The summed E-state index contributed by atoms with van der Waals surface area (Å²) in [5.41, 5.74) is 1.59. The smallest absolute Gasteiger partial charge is 0.300 e. The summed E-state index contributed by atoms with van der Waals surface area (Å²) < 4.78 is 4.65. The summed E-state index contributed by atoms with van der Waals surface area (Å²) in [4.78, 5) is 10.4. The highest BCUT2D eigenvalue weighted by molar-refractivity contribution is 5.93. The van der Waals surface area contributed by atoms with Crippen molar-refractivity contribution >= 4 is 22.4 Å². The molecular weight excluding hydrogens is 260 g/mol. The van der Waals surface area contributed by atoms with Crippen molar-refractivity contribution in [1.29, 1.82) is 0 Å². The fourth-order valence-electron chi connectivity index (χ4n) is 2.53. The van der Waals surface area contributed by atoms with Gasteiger partial charge in [0.1, 0.15) is 0 Å². The van der Waals surface area contributed by atoms with Crippen LogP contribution < -0.4 is 5.32 Å². The van der Waals surface area contributed by atoms with Gasteiger partial charge in [-0.3, -0.25) is 10.1 Å². The molecule has 7 heteroatoms. The van der Waals surface area contributed by atoms with Crippen molar-refractivity contribution in [3.05, 3.63) is 22.2 Å². The van der Waals surface area contributed by atoms with E-state index in [2.05, 4.69) is 34.1 Å². The van der Waals surface area contributed by atoms with Crippen LogP contribution in [0, 0.1) is 21.4 Å².